The Balaban J connectivity index is 2.02. The van der Waals surface area contributed by atoms with Gasteiger partial charge in [-0.25, -0.2) is 0 Å². The Morgan fingerprint density at radius 1 is 1.35 bits per heavy atom. The van der Waals surface area contributed by atoms with Crippen molar-refractivity contribution in [2.45, 2.75) is 23.8 Å². The number of nitrogens with zero attached hydrogens (tertiary/aromatic N) is 3. The lowest BCUT2D eigenvalue weighted by Crippen LogP contribution is -1.88. The van der Waals surface area contributed by atoms with Gasteiger partial charge in [-0.15, -0.1) is 10.2 Å². The third kappa shape index (κ3) is 3.33. The molecule has 1 atom stereocenters. The molecular weight excluding hydrogens is 234 g/mol. The molecule has 0 fully saturated rings. The van der Waals surface area contributed by atoms with Gasteiger partial charge in [0.1, 0.15) is 0 Å². The van der Waals surface area contributed by atoms with Gasteiger partial charge in [0.15, 0.2) is 0 Å². The summed E-state index contributed by atoms with van der Waals surface area (Å²) in [6.07, 6.45) is 0.620. The highest BCUT2D eigenvalue weighted by Crippen LogP contribution is 2.21. The van der Waals surface area contributed by atoms with Gasteiger partial charge in [0.25, 0.3) is 5.22 Å². The van der Waals surface area contributed by atoms with Crippen LogP contribution in [0.1, 0.15) is 18.4 Å². The monoisotopic (exact) mass is 245 g/mol. The summed E-state index contributed by atoms with van der Waals surface area (Å²) in [7, 11) is 0. The molecule has 86 valence electrons. The predicted molar refractivity (Wildman–Crippen MR) is 64.5 cm³/mol. The molecule has 1 aromatic heterocycles. The molecule has 17 heavy (non-hydrogen) atoms. The van der Waals surface area contributed by atoms with E-state index in [9.17, 15) is 0 Å². The number of rotatable bonds is 4. The SMILES string of the molecule is C[C@H](C#N)Sc1nnc(Cc2ccccc2)o1. The molecule has 2 rings (SSSR count). The van der Waals surface area contributed by atoms with Gasteiger partial charge >= 0.3 is 0 Å². The topological polar surface area (TPSA) is 62.7 Å². The van der Waals surface area contributed by atoms with E-state index < -0.39 is 0 Å². The summed E-state index contributed by atoms with van der Waals surface area (Å²) in [5.74, 6) is 0.573. The van der Waals surface area contributed by atoms with E-state index in [4.69, 9.17) is 9.68 Å². The van der Waals surface area contributed by atoms with Crippen molar-refractivity contribution in [1.29, 1.82) is 5.26 Å². The minimum Gasteiger partial charge on any atom is -0.416 e. The van der Waals surface area contributed by atoms with Crippen LogP contribution in [0.5, 0.6) is 0 Å². The van der Waals surface area contributed by atoms with Crippen molar-refractivity contribution in [1.82, 2.24) is 10.2 Å². The third-order valence-corrected chi connectivity index (χ3v) is 2.93. The summed E-state index contributed by atoms with van der Waals surface area (Å²) in [6.45, 7) is 1.80. The Bertz CT molecular complexity index is 518. The molecule has 1 heterocycles. The van der Waals surface area contributed by atoms with Crippen molar-refractivity contribution in [3.63, 3.8) is 0 Å². The van der Waals surface area contributed by atoms with Crippen LogP contribution in [0.2, 0.25) is 0 Å². The maximum atomic E-state index is 8.68. The standard InChI is InChI=1S/C12H11N3OS/c1-9(8-13)17-12-15-14-11(16-12)7-10-5-3-2-4-6-10/h2-6,9H,7H2,1H3/t9-/m1/s1. The van der Waals surface area contributed by atoms with Crippen LogP contribution in [0, 0.1) is 11.3 Å². The maximum absolute atomic E-state index is 8.68. The number of hydrogen-bond acceptors (Lipinski definition) is 5. The summed E-state index contributed by atoms with van der Waals surface area (Å²) < 4.78 is 5.45. The highest BCUT2D eigenvalue weighted by molar-refractivity contribution is 7.99. The molecule has 0 bridgehead atoms. The minimum absolute atomic E-state index is 0.181. The quantitative estimate of drug-likeness (QED) is 0.775. The van der Waals surface area contributed by atoms with Gasteiger partial charge in [-0.1, -0.05) is 30.3 Å². The smallest absolute Gasteiger partial charge is 0.277 e. The van der Waals surface area contributed by atoms with E-state index in [1.165, 1.54) is 11.8 Å². The van der Waals surface area contributed by atoms with Crippen LogP contribution < -0.4 is 0 Å². The second-order valence-electron chi connectivity index (χ2n) is 3.51. The average molecular weight is 245 g/mol. The fourth-order valence-corrected chi connectivity index (χ4v) is 1.89. The summed E-state index contributed by atoms with van der Waals surface area (Å²) in [5, 5.41) is 16.8. The summed E-state index contributed by atoms with van der Waals surface area (Å²) >= 11 is 1.27. The first-order chi connectivity index (χ1) is 8.28. The lowest BCUT2D eigenvalue weighted by atomic mass is 10.2. The Kier molecular flexibility index (Phi) is 3.78. The van der Waals surface area contributed by atoms with Gasteiger partial charge in [-0.3, -0.25) is 0 Å². The number of aromatic nitrogens is 2. The lowest BCUT2D eigenvalue weighted by Gasteiger charge is -1.96. The predicted octanol–water partition coefficient (Wildman–Crippen LogP) is 2.66. The van der Waals surface area contributed by atoms with Crippen LogP contribution in [0.25, 0.3) is 0 Å². The van der Waals surface area contributed by atoms with Crippen LogP contribution in [0.4, 0.5) is 0 Å². The normalized spacial score (nSPS) is 12.0. The Hall–Kier alpha value is -1.80. The van der Waals surface area contributed by atoms with Gasteiger partial charge in [0, 0.05) is 0 Å². The zero-order chi connectivity index (χ0) is 12.1. The Morgan fingerprint density at radius 3 is 2.82 bits per heavy atom. The largest absolute Gasteiger partial charge is 0.416 e. The highest BCUT2D eigenvalue weighted by Gasteiger charge is 2.10. The second-order valence-corrected chi connectivity index (χ2v) is 4.81. The van der Waals surface area contributed by atoms with Gasteiger partial charge in [0.2, 0.25) is 5.89 Å². The van der Waals surface area contributed by atoms with Crippen molar-refractivity contribution >= 4 is 11.8 Å². The fraction of sp³-hybridized carbons (Fsp3) is 0.250. The molecule has 4 nitrogen and oxygen atoms in total. The molecule has 2 aromatic rings. The molecule has 0 amide bonds. The van der Waals surface area contributed by atoms with E-state index in [0.717, 1.165) is 5.56 Å². The highest BCUT2D eigenvalue weighted by atomic mass is 32.2. The van der Waals surface area contributed by atoms with Crippen LogP contribution in [-0.2, 0) is 6.42 Å². The van der Waals surface area contributed by atoms with Crippen LogP contribution >= 0.6 is 11.8 Å². The minimum atomic E-state index is -0.181. The average Bonchev–Trinajstić information content (AvgIpc) is 2.77. The lowest BCUT2D eigenvalue weighted by molar-refractivity contribution is 0.420. The van der Waals surface area contributed by atoms with Gasteiger partial charge in [-0.05, 0) is 24.2 Å². The number of nitriles is 1. The molecule has 0 saturated carbocycles. The summed E-state index contributed by atoms with van der Waals surface area (Å²) in [4.78, 5) is 0. The molecule has 0 saturated heterocycles. The van der Waals surface area contributed by atoms with E-state index in [-0.39, 0.29) is 5.25 Å². The van der Waals surface area contributed by atoms with Crippen LogP contribution in [0.3, 0.4) is 0 Å². The van der Waals surface area contributed by atoms with Gasteiger partial charge in [0.05, 0.1) is 17.7 Å². The van der Waals surface area contributed by atoms with Crippen LogP contribution in [-0.4, -0.2) is 15.4 Å². The second kappa shape index (κ2) is 5.51. The van der Waals surface area contributed by atoms with Gasteiger partial charge < -0.3 is 4.42 Å². The van der Waals surface area contributed by atoms with Crippen molar-refractivity contribution in [2.75, 3.05) is 0 Å². The molecule has 0 N–H and O–H groups in total. The molecule has 0 aliphatic heterocycles. The summed E-state index contributed by atoms with van der Waals surface area (Å²) in [5.41, 5.74) is 1.13. The molecule has 0 aliphatic rings. The zero-order valence-electron chi connectivity index (χ0n) is 9.33. The Labute approximate surface area is 104 Å². The van der Waals surface area contributed by atoms with E-state index >= 15 is 0 Å². The first kappa shape index (κ1) is 11.7. The Morgan fingerprint density at radius 2 is 2.12 bits per heavy atom. The molecular formula is C12H11N3OS. The van der Waals surface area contributed by atoms with E-state index in [1.807, 2.05) is 30.3 Å². The fourth-order valence-electron chi connectivity index (χ4n) is 1.31. The molecule has 0 radical (unpaired) electrons. The number of benzene rings is 1. The summed E-state index contributed by atoms with van der Waals surface area (Å²) in [6, 6.07) is 12.0. The first-order valence-electron chi connectivity index (χ1n) is 5.20. The van der Waals surface area contributed by atoms with Gasteiger partial charge in [-0.2, -0.15) is 5.26 Å². The maximum Gasteiger partial charge on any atom is 0.277 e. The van der Waals surface area contributed by atoms with Crippen molar-refractivity contribution in [3.05, 3.63) is 41.8 Å². The van der Waals surface area contributed by atoms with Crippen molar-refractivity contribution in [3.8, 4) is 6.07 Å². The number of thioether (sulfide) groups is 1. The molecule has 0 spiro atoms. The van der Waals surface area contributed by atoms with E-state index in [0.29, 0.717) is 17.5 Å². The van der Waals surface area contributed by atoms with Crippen LogP contribution in [0.15, 0.2) is 40.0 Å². The van der Waals surface area contributed by atoms with E-state index in [1.54, 1.807) is 6.92 Å². The molecule has 0 aliphatic carbocycles. The van der Waals surface area contributed by atoms with E-state index in [2.05, 4.69) is 16.3 Å². The third-order valence-electron chi connectivity index (χ3n) is 2.11. The first-order valence-corrected chi connectivity index (χ1v) is 6.08. The molecule has 5 heteroatoms. The van der Waals surface area contributed by atoms with Crippen molar-refractivity contribution in [2.24, 2.45) is 0 Å². The van der Waals surface area contributed by atoms with Crippen molar-refractivity contribution < 1.29 is 4.42 Å². The number of hydrogen-bond donors (Lipinski definition) is 0. The molecule has 0 unspecified atom stereocenters. The molecule has 1 aromatic carbocycles. The zero-order valence-corrected chi connectivity index (χ0v) is 10.1.